The molecule has 1 fully saturated rings. The molecule has 2 aliphatic heterocycles. The first-order valence-electron chi connectivity index (χ1n) is 8.56. The van der Waals surface area contributed by atoms with Crippen LogP contribution in [0.2, 0.25) is 0 Å². The van der Waals surface area contributed by atoms with Crippen LogP contribution in [0.25, 0.3) is 0 Å². The molecule has 1 aromatic rings. The minimum atomic E-state index is -0.905. The van der Waals surface area contributed by atoms with Gasteiger partial charge in [0.2, 0.25) is 5.91 Å². The van der Waals surface area contributed by atoms with Gasteiger partial charge in [0.05, 0.1) is 12.5 Å². The third kappa shape index (κ3) is 2.83. The Morgan fingerprint density at radius 2 is 2.16 bits per heavy atom. The summed E-state index contributed by atoms with van der Waals surface area (Å²) in [5, 5.41) is 5.70. The van der Waals surface area contributed by atoms with Crippen molar-refractivity contribution in [2.45, 2.75) is 37.6 Å². The molecule has 0 radical (unpaired) electrons. The number of rotatable bonds is 4. The van der Waals surface area contributed by atoms with Crippen molar-refractivity contribution in [1.29, 1.82) is 0 Å². The molecule has 0 saturated carbocycles. The standard InChI is InChI=1S/C18H23N3O4/c1-3-4-9-19-17(24)21-11-18(10-14(21)15(22)25-2)12-7-5-6-8-13(12)20-16(18)23/h5-8,14H,3-4,9-11H2,1-2H3,(H,19,24)(H,20,23)/t14-,18+/m0/s1. The van der Waals surface area contributed by atoms with E-state index in [2.05, 4.69) is 10.6 Å². The molecule has 2 N–H and O–H groups in total. The lowest BCUT2D eigenvalue weighted by Crippen LogP contribution is -2.47. The number of amides is 3. The summed E-state index contributed by atoms with van der Waals surface area (Å²) in [5.74, 6) is -0.675. The zero-order valence-electron chi connectivity index (χ0n) is 14.5. The molecule has 2 atom stereocenters. The van der Waals surface area contributed by atoms with Gasteiger partial charge in [0.1, 0.15) is 6.04 Å². The lowest BCUT2D eigenvalue weighted by molar-refractivity contribution is -0.145. The first-order valence-corrected chi connectivity index (χ1v) is 8.56. The molecular formula is C18H23N3O4. The molecule has 3 rings (SSSR count). The number of nitrogens with one attached hydrogen (secondary N) is 2. The number of carbonyl (C=O) groups is 3. The number of carbonyl (C=O) groups excluding carboxylic acids is 3. The van der Waals surface area contributed by atoms with Gasteiger partial charge >= 0.3 is 12.0 Å². The molecule has 1 aromatic carbocycles. The van der Waals surface area contributed by atoms with Crippen molar-refractivity contribution >= 4 is 23.6 Å². The van der Waals surface area contributed by atoms with Gasteiger partial charge < -0.3 is 20.3 Å². The van der Waals surface area contributed by atoms with Gasteiger partial charge in [-0.05, 0) is 24.5 Å². The van der Waals surface area contributed by atoms with Gasteiger partial charge in [-0.15, -0.1) is 0 Å². The van der Waals surface area contributed by atoms with Crippen molar-refractivity contribution < 1.29 is 19.1 Å². The molecule has 1 saturated heterocycles. The van der Waals surface area contributed by atoms with Gasteiger partial charge in [0, 0.05) is 18.8 Å². The Balaban J connectivity index is 1.90. The number of methoxy groups -OCH3 is 1. The number of nitrogens with zero attached hydrogens (tertiary/aromatic N) is 1. The predicted octanol–water partition coefficient (Wildman–Crippen LogP) is 1.63. The molecule has 2 heterocycles. The number of anilines is 1. The van der Waals surface area contributed by atoms with E-state index in [-0.39, 0.29) is 24.9 Å². The van der Waals surface area contributed by atoms with Gasteiger partial charge in [0.15, 0.2) is 0 Å². The number of unbranched alkanes of at least 4 members (excludes halogenated alkanes) is 1. The lowest BCUT2D eigenvalue weighted by Gasteiger charge is -2.24. The summed E-state index contributed by atoms with van der Waals surface area (Å²) in [6, 6.07) is 6.30. The van der Waals surface area contributed by atoms with Crippen LogP contribution in [-0.2, 0) is 19.7 Å². The van der Waals surface area contributed by atoms with E-state index in [0.717, 1.165) is 24.1 Å². The Bertz CT molecular complexity index is 705. The molecule has 0 bridgehead atoms. The first kappa shape index (κ1) is 17.3. The zero-order chi connectivity index (χ0) is 18.0. The lowest BCUT2D eigenvalue weighted by atomic mass is 9.79. The minimum absolute atomic E-state index is 0.160. The molecule has 1 spiro atoms. The highest BCUT2D eigenvalue weighted by Gasteiger charge is 2.57. The predicted molar refractivity (Wildman–Crippen MR) is 92.2 cm³/mol. The Morgan fingerprint density at radius 3 is 2.88 bits per heavy atom. The molecule has 0 aromatic heterocycles. The van der Waals surface area contributed by atoms with Gasteiger partial charge in [-0.1, -0.05) is 31.5 Å². The topological polar surface area (TPSA) is 87.7 Å². The number of urea groups is 1. The van der Waals surface area contributed by atoms with E-state index in [1.54, 1.807) is 0 Å². The number of benzene rings is 1. The minimum Gasteiger partial charge on any atom is -0.467 e. The Morgan fingerprint density at radius 1 is 1.40 bits per heavy atom. The number of hydrogen-bond donors (Lipinski definition) is 2. The van der Waals surface area contributed by atoms with Gasteiger partial charge in [-0.25, -0.2) is 9.59 Å². The zero-order valence-corrected chi connectivity index (χ0v) is 14.5. The molecule has 25 heavy (non-hydrogen) atoms. The maximum atomic E-state index is 12.7. The second-order valence-electron chi connectivity index (χ2n) is 6.54. The van der Waals surface area contributed by atoms with Gasteiger partial charge in [-0.2, -0.15) is 0 Å². The van der Waals surface area contributed by atoms with Crippen molar-refractivity contribution in [3.05, 3.63) is 29.8 Å². The van der Waals surface area contributed by atoms with Crippen molar-refractivity contribution in [3.63, 3.8) is 0 Å². The third-order valence-electron chi connectivity index (χ3n) is 5.02. The molecule has 0 aliphatic carbocycles. The maximum Gasteiger partial charge on any atom is 0.328 e. The average molecular weight is 345 g/mol. The average Bonchev–Trinajstić information content (AvgIpc) is 3.15. The van der Waals surface area contributed by atoms with Crippen molar-refractivity contribution in [2.24, 2.45) is 0 Å². The highest BCUT2D eigenvalue weighted by atomic mass is 16.5. The highest BCUT2D eigenvalue weighted by molar-refractivity contribution is 6.08. The molecular weight excluding hydrogens is 322 g/mol. The Labute approximate surface area is 146 Å². The third-order valence-corrected chi connectivity index (χ3v) is 5.02. The second kappa shape index (κ2) is 6.74. The fourth-order valence-corrected chi connectivity index (χ4v) is 3.67. The Hall–Kier alpha value is -2.57. The first-order chi connectivity index (χ1) is 12.0. The normalized spacial score (nSPS) is 24.2. The molecule has 7 nitrogen and oxygen atoms in total. The van der Waals surface area contributed by atoms with E-state index in [1.807, 2.05) is 31.2 Å². The van der Waals surface area contributed by atoms with Crippen molar-refractivity contribution in [2.75, 3.05) is 25.5 Å². The highest BCUT2D eigenvalue weighted by Crippen LogP contribution is 2.46. The maximum absolute atomic E-state index is 12.7. The van der Waals surface area contributed by atoms with E-state index in [9.17, 15) is 14.4 Å². The summed E-state index contributed by atoms with van der Waals surface area (Å²) >= 11 is 0. The smallest absolute Gasteiger partial charge is 0.328 e. The summed E-state index contributed by atoms with van der Waals surface area (Å²) in [6.07, 6.45) is 2.04. The number of hydrogen-bond acceptors (Lipinski definition) is 4. The second-order valence-corrected chi connectivity index (χ2v) is 6.54. The van der Waals surface area contributed by atoms with E-state index in [4.69, 9.17) is 4.74 Å². The van der Waals surface area contributed by atoms with Crippen molar-refractivity contribution in [1.82, 2.24) is 10.2 Å². The largest absolute Gasteiger partial charge is 0.467 e. The van der Waals surface area contributed by atoms with Crippen LogP contribution in [0, 0.1) is 0 Å². The summed E-state index contributed by atoms with van der Waals surface area (Å²) in [5.41, 5.74) is 0.666. The monoisotopic (exact) mass is 345 g/mol. The number of likely N-dealkylation sites (tertiary alicyclic amines) is 1. The number of para-hydroxylation sites is 1. The number of fused-ring (bicyclic) bond motifs is 2. The van der Waals surface area contributed by atoms with Crippen molar-refractivity contribution in [3.8, 4) is 0 Å². The van der Waals surface area contributed by atoms with Gasteiger partial charge in [-0.3, -0.25) is 4.79 Å². The molecule has 3 amide bonds. The SMILES string of the molecule is CCCCNC(=O)N1C[C@@]2(C[C@H]1C(=O)OC)C(=O)Nc1ccccc12. The number of ether oxygens (including phenoxy) is 1. The summed E-state index contributed by atoms with van der Waals surface area (Å²) in [4.78, 5) is 39.0. The molecule has 0 unspecified atom stereocenters. The van der Waals surface area contributed by atoms with Crippen LogP contribution in [0.5, 0.6) is 0 Å². The summed E-state index contributed by atoms with van der Waals surface area (Å²) in [6.45, 7) is 2.73. The summed E-state index contributed by atoms with van der Waals surface area (Å²) in [7, 11) is 1.29. The molecule has 7 heteroatoms. The van der Waals surface area contributed by atoms with E-state index in [0.29, 0.717) is 6.54 Å². The molecule has 134 valence electrons. The molecule has 2 aliphatic rings. The van der Waals surface area contributed by atoms with Crippen LogP contribution < -0.4 is 10.6 Å². The van der Waals surface area contributed by atoms with Crippen LogP contribution in [0.4, 0.5) is 10.5 Å². The van der Waals surface area contributed by atoms with Gasteiger partial charge in [0.25, 0.3) is 0 Å². The number of esters is 1. The fourth-order valence-electron chi connectivity index (χ4n) is 3.67. The summed E-state index contributed by atoms with van der Waals surface area (Å²) < 4.78 is 4.87. The Kier molecular flexibility index (Phi) is 4.65. The van der Waals surface area contributed by atoms with Crippen LogP contribution in [0.3, 0.4) is 0 Å². The van der Waals surface area contributed by atoms with Crippen LogP contribution in [-0.4, -0.2) is 49.0 Å². The van der Waals surface area contributed by atoms with E-state index < -0.39 is 17.4 Å². The van der Waals surface area contributed by atoms with E-state index >= 15 is 0 Å². The van der Waals surface area contributed by atoms with E-state index in [1.165, 1.54) is 12.0 Å². The van der Waals surface area contributed by atoms with Crippen LogP contribution in [0.1, 0.15) is 31.7 Å². The fraction of sp³-hybridized carbons (Fsp3) is 0.500. The van der Waals surface area contributed by atoms with Crippen LogP contribution >= 0.6 is 0 Å². The quantitative estimate of drug-likeness (QED) is 0.641. The van der Waals surface area contributed by atoms with Crippen LogP contribution in [0.15, 0.2) is 24.3 Å².